The van der Waals surface area contributed by atoms with Crippen LogP contribution in [0.15, 0.2) is 41.2 Å². The van der Waals surface area contributed by atoms with Crippen molar-refractivity contribution in [2.45, 2.75) is 25.1 Å². The molecule has 0 bridgehead atoms. The zero-order chi connectivity index (χ0) is 20.7. The molecule has 0 spiro atoms. The number of para-hydroxylation sites is 1. The van der Waals surface area contributed by atoms with Crippen LogP contribution in [-0.2, 0) is 28.3 Å². The first-order valence-corrected chi connectivity index (χ1v) is 11.6. The van der Waals surface area contributed by atoms with Gasteiger partial charge in [-0.25, -0.2) is 4.68 Å². The predicted molar refractivity (Wildman–Crippen MR) is 115 cm³/mol. The number of hydrogen-bond donors (Lipinski definition) is 0. The number of likely N-dealkylation sites (tertiary alicyclic amines) is 1. The van der Waals surface area contributed by atoms with Gasteiger partial charge in [0, 0.05) is 55.9 Å². The lowest BCUT2D eigenvalue weighted by Crippen LogP contribution is -2.54. The van der Waals surface area contributed by atoms with E-state index in [9.17, 15) is 14.4 Å². The number of thioether (sulfide) groups is 1. The molecule has 3 aliphatic heterocycles. The summed E-state index contributed by atoms with van der Waals surface area (Å²) in [5, 5.41) is 4.57. The van der Waals surface area contributed by atoms with Gasteiger partial charge >= 0.3 is 0 Å². The standard InChI is InChI=1S/C22H24N4O3S/c27-20-8-16(13-25(20)18-4-2-1-3-5-18)22(29)24-10-15(11-24)12-26-21(28)9-17-14-30-7-6-19(17)23-26/h1-5,9,15-16H,6-8,10-14H2. The minimum absolute atomic E-state index is 0.000372. The summed E-state index contributed by atoms with van der Waals surface area (Å²) >= 11 is 1.84. The molecular weight excluding hydrogens is 400 g/mol. The number of carbonyl (C=O) groups excluding carboxylic acids is 2. The van der Waals surface area contributed by atoms with E-state index in [2.05, 4.69) is 5.10 Å². The Morgan fingerprint density at radius 2 is 1.93 bits per heavy atom. The maximum atomic E-state index is 12.9. The first-order chi connectivity index (χ1) is 14.6. The average molecular weight is 425 g/mol. The van der Waals surface area contributed by atoms with Gasteiger partial charge < -0.3 is 9.80 Å². The highest BCUT2D eigenvalue weighted by Gasteiger charge is 2.41. The smallest absolute Gasteiger partial charge is 0.267 e. The molecule has 0 N–H and O–H groups in total. The second-order valence-corrected chi connectivity index (χ2v) is 9.39. The molecule has 156 valence electrons. The van der Waals surface area contributed by atoms with E-state index in [-0.39, 0.29) is 35.6 Å². The lowest BCUT2D eigenvalue weighted by molar-refractivity contribution is -0.142. The first-order valence-electron chi connectivity index (χ1n) is 10.4. The number of benzene rings is 1. The lowest BCUT2D eigenvalue weighted by atomic mass is 9.96. The summed E-state index contributed by atoms with van der Waals surface area (Å²) < 4.78 is 1.57. The molecule has 7 nitrogen and oxygen atoms in total. The number of nitrogens with zero attached hydrogens (tertiary/aromatic N) is 4. The van der Waals surface area contributed by atoms with Crippen LogP contribution in [0.4, 0.5) is 5.69 Å². The topological polar surface area (TPSA) is 75.5 Å². The molecular formula is C22H24N4O3S. The molecule has 2 aromatic rings. The molecule has 1 aromatic heterocycles. The Labute approximate surface area is 179 Å². The summed E-state index contributed by atoms with van der Waals surface area (Å²) in [6.07, 6.45) is 1.17. The number of aryl methyl sites for hydroxylation is 1. The summed E-state index contributed by atoms with van der Waals surface area (Å²) in [5.74, 6) is 1.90. The molecule has 2 amide bonds. The summed E-state index contributed by atoms with van der Waals surface area (Å²) in [7, 11) is 0. The number of anilines is 1. The van der Waals surface area contributed by atoms with E-state index in [4.69, 9.17) is 0 Å². The SMILES string of the molecule is O=C(C1CC(=O)N(c2ccccc2)C1)N1CC(Cn2nc3c(cc2=O)CSCC3)C1. The van der Waals surface area contributed by atoms with E-state index in [0.29, 0.717) is 26.2 Å². The van der Waals surface area contributed by atoms with Crippen molar-refractivity contribution >= 4 is 29.3 Å². The van der Waals surface area contributed by atoms with Gasteiger partial charge in [-0.15, -0.1) is 0 Å². The van der Waals surface area contributed by atoms with E-state index >= 15 is 0 Å². The van der Waals surface area contributed by atoms with Crippen LogP contribution in [-0.4, -0.2) is 51.9 Å². The predicted octanol–water partition coefficient (Wildman–Crippen LogP) is 1.54. The van der Waals surface area contributed by atoms with Gasteiger partial charge in [0.2, 0.25) is 11.8 Å². The Balaban J connectivity index is 1.18. The minimum atomic E-state index is -0.291. The van der Waals surface area contributed by atoms with Crippen LogP contribution >= 0.6 is 11.8 Å². The molecule has 2 fully saturated rings. The molecule has 1 unspecified atom stereocenters. The molecule has 4 heterocycles. The summed E-state index contributed by atoms with van der Waals surface area (Å²) in [6, 6.07) is 11.2. The molecule has 0 saturated carbocycles. The zero-order valence-corrected chi connectivity index (χ0v) is 17.5. The summed E-state index contributed by atoms with van der Waals surface area (Å²) in [4.78, 5) is 41.1. The van der Waals surface area contributed by atoms with Crippen LogP contribution in [0.1, 0.15) is 17.7 Å². The maximum Gasteiger partial charge on any atom is 0.267 e. The molecule has 30 heavy (non-hydrogen) atoms. The van der Waals surface area contributed by atoms with Crippen LogP contribution in [0, 0.1) is 11.8 Å². The average Bonchev–Trinajstić information content (AvgIpc) is 3.12. The van der Waals surface area contributed by atoms with Crippen LogP contribution in [0.5, 0.6) is 0 Å². The van der Waals surface area contributed by atoms with Gasteiger partial charge in [-0.2, -0.15) is 16.9 Å². The summed E-state index contributed by atoms with van der Waals surface area (Å²) in [6.45, 7) is 2.22. The molecule has 5 rings (SSSR count). The van der Waals surface area contributed by atoms with E-state index in [1.54, 1.807) is 15.6 Å². The van der Waals surface area contributed by atoms with Crippen molar-refractivity contribution < 1.29 is 9.59 Å². The first kappa shape index (κ1) is 19.4. The Kier molecular flexibility index (Phi) is 5.10. The second kappa shape index (κ2) is 7.91. The van der Waals surface area contributed by atoms with Crippen molar-refractivity contribution in [1.29, 1.82) is 0 Å². The normalized spacial score (nSPS) is 21.5. The monoisotopic (exact) mass is 424 g/mol. The third kappa shape index (κ3) is 3.64. The van der Waals surface area contributed by atoms with E-state index < -0.39 is 0 Å². The fraction of sp³-hybridized carbons (Fsp3) is 0.455. The molecule has 3 aliphatic rings. The number of rotatable bonds is 4. The third-order valence-corrected chi connectivity index (χ3v) is 7.16. The van der Waals surface area contributed by atoms with Crippen LogP contribution < -0.4 is 10.5 Å². The number of fused-ring (bicyclic) bond motifs is 1. The molecule has 2 saturated heterocycles. The van der Waals surface area contributed by atoms with Gasteiger partial charge in [0.05, 0.1) is 18.2 Å². The highest BCUT2D eigenvalue weighted by atomic mass is 32.2. The fourth-order valence-electron chi connectivity index (χ4n) is 4.48. The number of aromatic nitrogens is 2. The summed E-state index contributed by atoms with van der Waals surface area (Å²) in [5.41, 5.74) is 2.88. The van der Waals surface area contributed by atoms with Gasteiger partial charge in [-0.1, -0.05) is 18.2 Å². The van der Waals surface area contributed by atoms with Crippen molar-refractivity contribution in [1.82, 2.24) is 14.7 Å². The Hall–Kier alpha value is -2.61. The zero-order valence-electron chi connectivity index (χ0n) is 16.7. The largest absolute Gasteiger partial charge is 0.342 e. The Bertz CT molecular complexity index is 1030. The highest BCUT2D eigenvalue weighted by Crippen LogP contribution is 2.29. The maximum absolute atomic E-state index is 12.9. The number of hydrogen-bond acceptors (Lipinski definition) is 5. The van der Waals surface area contributed by atoms with Crippen molar-refractivity contribution in [3.63, 3.8) is 0 Å². The number of amides is 2. The molecule has 0 radical (unpaired) electrons. The van der Waals surface area contributed by atoms with E-state index in [0.717, 1.165) is 34.9 Å². The van der Waals surface area contributed by atoms with Crippen LogP contribution in [0.25, 0.3) is 0 Å². The fourth-order valence-corrected chi connectivity index (χ4v) is 5.43. The lowest BCUT2D eigenvalue weighted by Gasteiger charge is -2.40. The quantitative estimate of drug-likeness (QED) is 0.744. The molecule has 1 atom stereocenters. The minimum Gasteiger partial charge on any atom is -0.342 e. The van der Waals surface area contributed by atoms with Crippen molar-refractivity contribution in [3.05, 3.63) is 58.0 Å². The highest BCUT2D eigenvalue weighted by molar-refractivity contribution is 7.98. The van der Waals surface area contributed by atoms with Crippen molar-refractivity contribution in [2.75, 3.05) is 30.3 Å². The Morgan fingerprint density at radius 1 is 1.13 bits per heavy atom. The third-order valence-electron chi connectivity index (χ3n) is 6.15. The molecule has 8 heteroatoms. The van der Waals surface area contributed by atoms with E-state index in [1.807, 2.05) is 47.0 Å². The number of carbonyl (C=O) groups is 2. The van der Waals surface area contributed by atoms with Gasteiger partial charge in [0.15, 0.2) is 0 Å². The van der Waals surface area contributed by atoms with Gasteiger partial charge in [-0.3, -0.25) is 14.4 Å². The van der Waals surface area contributed by atoms with Gasteiger partial charge in [-0.05, 0) is 23.4 Å². The van der Waals surface area contributed by atoms with E-state index in [1.165, 1.54) is 0 Å². The second-order valence-electron chi connectivity index (χ2n) is 8.29. The Morgan fingerprint density at radius 3 is 2.73 bits per heavy atom. The molecule has 1 aromatic carbocycles. The van der Waals surface area contributed by atoms with Gasteiger partial charge in [0.25, 0.3) is 5.56 Å². The van der Waals surface area contributed by atoms with Gasteiger partial charge in [0.1, 0.15) is 0 Å². The van der Waals surface area contributed by atoms with Crippen LogP contribution in [0.3, 0.4) is 0 Å². The van der Waals surface area contributed by atoms with Crippen molar-refractivity contribution in [2.24, 2.45) is 11.8 Å². The van der Waals surface area contributed by atoms with Crippen molar-refractivity contribution in [3.8, 4) is 0 Å². The molecule has 0 aliphatic carbocycles. The van der Waals surface area contributed by atoms with Crippen LogP contribution in [0.2, 0.25) is 0 Å².